The topological polar surface area (TPSA) is 64.3 Å². The van der Waals surface area contributed by atoms with Crippen molar-refractivity contribution in [1.29, 1.82) is 0 Å². The summed E-state index contributed by atoms with van der Waals surface area (Å²) in [7, 11) is 1.63. The fraction of sp³-hybridized carbons (Fsp3) is 0.417. The normalized spacial score (nSPS) is 22.7. The average Bonchev–Trinajstić information content (AvgIpc) is 2.96. The predicted molar refractivity (Wildman–Crippen MR) is 62.4 cm³/mol. The molecule has 4 heteroatoms. The van der Waals surface area contributed by atoms with Crippen molar-refractivity contribution in [3.05, 3.63) is 23.8 Å². The van der Waals surface area contributed by atoms with Crippen LogP contribution in [0.15, 0.2) is 18.2 Å². The minimum absolute atomic E-state index is 0.0112. The number of anilines is 1. The third kappa shape index (κ3) is 2.17. The van der Waals surface area contributed by atoms with E-state index < -0.39 is 0 Å². The van der Waals surface area contributed by atoms with Crippen LogP contribution in [-0.2, 0) is 4.79 Å². The van der Waals surface area contributed by atoms with Crippen LogP contribution < -0.4 is 15.8 Å². The van der Waals surface area contributed by atoms with Gasteiger partial charge in [0, 0.05) is 11.7 Å². The Kier molecular flexibility index (Phi) is 2.83. The Morgan fingerprint density at radius 2 is 2.25 bits per heavy atom. The summed E-state index contributed by atoms with van der Waals surface area (Å²) >= 11 is 0. The second kappa shape index (κ2) is 4.14. The Balaban J connectivity index is 2.04. The SMILES string of the molecule is COc1ccc(NC(=O)C2CC2N)cc1C. The molecule has 0 radical (unpaired) electrons. The number of ether oxygens (including phenoxy) is 1. The highest BCUT2D eigenvalue weighted by Crippen LogP contribution is 2.29. The van der Waals surface area contributed by atoms with Gasteiger partial charge in [-0.3, -0.25) is 4.79 Å². The number of methoxy groups -OCH3 is 1. The monoisotopic (exact) mass is 220 g/mol. The Hall–Kier alpha value is -1.55. The highest BCUT2D eigenvalue weighted by Gasteiger charge is 2.39. The highest BCUT2D eigenvalue weighted by atomic mass is 16.5. The van der Waals surface area contributed by atoms with Crippen molar-refractivity contribution in [2.45, 2.75) is 19.4 Å². The lowest BCUT2D eigenvalue weighted by molar-refractivity contribution is -0.117. The lowest BCUT2D eigenvalue weighted by atomic mass is 10.2. The summed E-state index contributed by atoms with van der Waals surface area (Å²) in [5, 5.41) is 2.85. The van der Waals surface area contributed by atoms with Gasteiger partial charge in [0.15, 0.2) is 0 Å². The summed E-state index contributed by atoms with van der Waals surface area (Å²) in [4.78, 5) is 11.6. The number of nitrogens with two attached hydrogens (primary N) is 1. The zero-order chi connectivity index (χ0) is 11.7. The van der Waals surface area contributed by atoms with Gasteiger partial charge in [-0.1, -0.05) is 0 Å². The average molecular weight is 220 g/mol. The number of aryl methyl sites for hydroxylation is 1. The first-order chi connectivity index (χ1) is 7.61. The maximum absolute atomic E-state index is 11.6. The lowest BCUT2D eigenvalue weighted by Crippen LogP contribution is -2.18. The summed E-state index contributed by atoms with van der Waals surface area (Å²) in [6.45, 7) is 1.94. The second-order valence-corrected chi connectivity index (χ2v) is 4.18. The molecule has 1 fully saturated rings. The van der Waals surface area contributed by atoms with Gasteiger partial charge in [-0.05, 0) is 37.1 Å². The molecule has 0 bridgehead atoms. The molecular formula is C12H16N2O2. The van der Waals surface area contributed by atoms with Crippen molar-refractivity contribution < 1.29 is 9.53 Å². The van der Waals surface area contributed by atoms with Gasteiger partial charge in [-0.15, -0.1) is 0 Å². The van der Waals surface area contributed by atoms with E-state index in [9.17, 15) is 4.79 Å². The van der Waals surface area contributed by atoms with E-state index in [-0.39, 0.29) is 17.9 Å². The van der Waals surface area contributed by atoms with Crippen molar-refractivity contribution in [3.8, 4) is 5.75 Å². The highest BCUT2D eigenvalue weighted by molar-refractivity contribution is 5.95. The molecule has 1 amide bonds. The fourth-order valence-corrected chi connectivity index (χ4v) is 1.71. The Morgan fingerprint density at radius 3 is 2.75 bits per heavy atom. The van der Waals surface area contributed by atoms with Crippen LogP contribution in [0.2, 0.25) is 0 Å². The largest absolute Gasteiger partial charge is 0.496 e. The number of hydrogen-bond acceptors (Lipinski definition) is 3. The van der Waals surface area contributed by atoms with Crippen molar-refractivity contribution in [1.82, 2.24) is 0 Å². The zero-order valence-corrected chi connectivity index (χ0v) is 9.49. The van der Waals surface area contributed by atoms with Crippen molar-refractivity contribution in [2.24, 2.45) is 11.7 Å². The minimum atomic E-state index is -0.0117. The van der Waals surface area contributed by atoms with Gasteiger partial charge in [0.25, 0.3) is 0 Å². The van der Waals surface area contributed by atoms with Crippen LogP contribution in [0.3, 0.4) is 0 Å². The predicted octanol–water partition coefficient (Wildman–Crippen LogP) is 1.29. The van der Waals surface area contributed by atoms with E-state index >= 15 is 0 Å². The smallest absolute Gasteiger partial charge is 0.229 e. The molecule has 0 aliphatic heterocycles. The van der Waals surface area contributed by atoms with Gasteiger partial charge in [0.2, 0.25) is 5.91 Å². The van der Waals surface area contributed by atoms with E-state index in [1.165, 1.54) is 0 Å². The molecule has 1 aromatic rings. The summed E-state index contributed by atoms with van der Waals surface area (Å²) < 4.78 is 5.15. The first-order valence-corrected chi connectivity index (χ1v) is 5.33. The zero-order valence-electron chi connectivity index (χ0n) is 9.49. The maximum atomic E-state index is 11.6. The molecule has 0 saturated heterocycles. The molecule has 2 unspecified atom stereocenters. The second-order valence-electron chi connectivity index (χ2n) is 4.18. The van der Waals surface area contributed by atoms with Gasteiger partial charge in [0.05, 0.1) is 13.0 Å². The van der Waals surface area contributed by atoms with Crippen LogP contribution in [0.4, 0.5) is 5.69 Å². The van der Waals surface area contributed by atoms with Gasteiger partial charge < -0.3 is 15.8 Å². The van der Waals surface area contributed by atoms with E-state index in [4.69, 9.17) is 10.5 Å². The number of amides is 1. The number of carbonyl (C=O) groups is 1. The van der Waals surface area contributed by atoms with Gasteiger partial charge >= 0.3 is 0 Å². The standard InChI is InChI=1S/C12H16N2O2/c1-7-5-8(3-4-11(7)16-2)14-12(15)9-6-10(9)13/h3-5,9-10H,6,13H2,1-2H3,(H,14,15). The van der Waals surface area contributed by atoms with Gasteiger partial charge in [-0.25, -0.2) is 0 Å². The van der Waals surface area contributed by atoms with Crippen LogP contribution >= 0.6 is 0 Å². The van der Waals surface area contributed by atoms with Crippen LogP contribution in [0.25, 0.3) is 0 Å². The first-order valence-electron chi connectivity index (χ1n) is 5.33. The third-order valence-corrected chi connectivity index (χ3v) is 2.84. The Morgan fingerprint density at radius 1 is 1.56 bits per heavy atom. The van der Waals surface area contributed by atoms with E-state index in [2.05, 4.69) is 5.32 Å². The molecule has 1 aliphatic rings. The molecule has 3 N–H and O–H groups in total. The van der Waals surface area contributed by atoms with E-state index in [0.29, 0.717) is 0 Å². The number of rotatable bonds is 3. The summed E-state index contributed by atoms with van der Waals surface area (Å²) in [6.07, 6.45) is 0.793. The number of nitrogens with one attached hydrogen (secondary N) is 1. The Bertz CT molecular complexity index is 417. The molecule has 1 saturated carbocycles. The maximum Gasteiger partial charge on any atom is 0.229 e. The van der Waals surface area contributed by atoms with E-state index in [0.717, 1.165) is 23.4 Å². The van der Waals surface area contributed by atoms with Crippen LogP contribution in [-0.4, -0.2) is 19.1 Å². The van der Waals surface area contributed by atoms with Crippen LogP contribution in [0.5, 0.6) is 5.75 Å². The van der Waals surface area contributed by atoms with Crippen molar-refractivity contribution in [2.75, 3.05) is 12.4 Å². The molecule has 4 nitrogen and oxygen atoms in total. The molecule has 16 heavy (non-hydrogen) atoms. The number of carbonyl (C=O) groups excluding carboxylic acids is 1. The molecular weight excluding hydrogens is 204 g/mol. The van der Waals surface area contributed by atoms with Gasteiger partial charge in [-0.2, -0.15) is 0 Å². The van der Waals surface area contributed by atoms with E-state index in [1.807, 2.05) is 25.1 Å². The minimum Gasteiger partial charge on any atom is -0.496 e. The molecule has 2 rings (SSSR count). The molecule has 1 aromatic carbocycles. The summed E-state index contributed by atoms with van der Waals surface area (Å²) in [5.41, 5.74) is 7.41. The molecule has 0 spiro atoms. The molecule has 2 atom stereocenters. The van der Waals surface area contributed by atoms with E-state index in [1.54, 1.807) is 7.11 Å². The quantitative estimate of drug-likeness (QED) is 0.806. The Labute approximate surface area is 94.8 Å². The molecule has 0 heterocycles. The molecule has 1 aliphatic carbocycles. The summed E-state index contributed by atoms with van der Waals surface area (Å²) in [5.74, 6) is 0.820. The first kappa shape index (κ1) is 11.0. The lowest BCUT2D eigenvalue weighted by Gasteiger charge is -2.08. The van der Waals surface area contributed by atoms with Crippen LogP contribution in [0.1, 0.15) is 12.0 Å². The third-order valence-electron chi connectivity index (χ3n) is 2.84. The summed E-state index contributed by atoms with van der Waals surface area (Å²) in [6, 6.07) is 5.61. The van der Waals surface area contributed by atoms with Gasteiger partial charge in [0.1, 0.15) is 5.75 Å². The van der Waals surface area contributed by atoms with Crippen LogP contribution in [0, 0.1) is 12.8 Å². The number of benzene rings is 1. The molecule has 86 valence electrons. The van der Waals surface area contributed by atoms with Crippen molar-refractivity contribution in [3.63, 3.8) is 0 Å². The fourth-order valence-electron chi connectivity index (χ4n) is 1.71. The van der Waals surface area contributed by atoms with Crippen molar-refractivity contribution >= 4 is 11.6 Å². The molecule has 0 aromatic heterocycles. The number of hydrogen-bond donors (Lipinski definition) is 2.